The molecule has 0 amide bonds. The molecule has 2 aromatic carbocycles. The number of ether oxygens (including phenoxy) is 1. The van der Waals surface area contributed by atoms with Gasteiger partial charge in [0, 0.05) is 12.2 Å². The summed E-state index contributed by atoms with van der Waals surface area (Å²) in [6, 6.07) is 13.0. The summed E-state index contributed by atoms with van der Waals surface area (Å²) >= 11 is 0. The van der Waals surface area contributed by atoms with Crippen LogP contribution in [0.15, 0.2) is 42.5 Å². The van der Waals surface area contributed by atoms with Gasteiger partial charge >= 0.3 is 0 Å². The third-order valence-corrected chi connectivity index (χ3v) is 2.92. The van der Waals surface area contributed by atoms with Crippen molar-refractivity contribution in [2.45, 2.75) is 33.4 Å². The molecule has 0 fully saturated rings. The molecule has 0 unspecified atom stereocenters. The fraction of sp³-hybridized carbons (Fsp3) is 0.294. The van der Waals surface area contributed by atoms with E-state index in [1.807, 2.05) is 44.2 Å². The maximum atomic E-state index is 13.2. The van der Waals surface area contributed by atoms with Crippen molar-refractivity contribution in [3.05, 3.63) is 59.4 Å². The molecule has 0 aliphatic heterocycles. The average molecular weight is 273 g/mol. The van der Waals surface area contributed by atoms with Crippen LogP contribution in [0.25, 0.3) is 0 Å². The Labute approximate surface area is 119 Å². The number of aryl methyl sites for hydroxylation is 1. The van der Waals surface area contributed by atoms with Crippen LogP contribution in [0.1, 0.15) is 25.0 Å². The molecule has 3 heteroatoms. The first-order valence-corrected chi connectivity index (χ1v) is 6.80. The van der Waals surface area contributed by atoms with E-state index in [1.54, 1.807) is 13.0 Å². The summed E-state index contributed by atoms with van der Waals surface area (Å²) in [4.78, 5) is 0. The van der Waals surface area contributed by atoms with Crippen molar-refractivity contribution in [2.75, 3.05) is 5.32 Å². The quantitative estimate of drug-likeness (QED) is 0.864. The van der Waals surface area contributed by atoms with Crippen LogP contribution in [-0.4, -0.2) is 6.10 Å². The summed E-state index contributed by atoms with van der Waals surface area (Å²) in [6.07, 6.45) is 0.165. The molecule has 0 atom stereocenters. The van der Waals surface area contributed by atoms with E-state index in [9.17, 15) is 4.39 Å². The van der Waals surface area contributed by atoms with Gasteiger partial charge in [0.2, 0.25) is 0 Å². The van der Waals surface area contributed by atoms with Gasteiger partial charge in [0.1, 0.15) is 11.6 Å². The molecule has 0 spiro atoms. The van der Waals surface area contributed by atoms with Gasteiger partial charge in [-0.3, -0.25) is 0 Å². The van der Waals surface area contributed by atoms with Gasteiger partial charge in [0.15, 0.2) is 0 Å². The van der Waals surface area contributed by atoms with Crippen molar-refractivity contribution in [3.8, 4) is 5.75 Å². The number of halogens is 1. The van der Waals surface area contributed by atoms with E-state index in [2.05, 4.69) is 5.32 Å². The van der Waals surface area contributed by atoms with Crippen molar-refractivity contribution in [3.63, 3.8) is 0 Å². The van der Waals surface area contributed by atoms with Crippen LogP contribution in [0.2, 0.25) is 0 Å². The normalized spacial score (nSPS) is 10.7. The third-order valence-electron chi connectivity index (χ3n) is 2.92. The fourth-order valence-corrected chi connectivity index (χ4v) is 1.96. The van der Waals surface area contributed by atoms with Crippen LogP contribution >= 0.6 is 0 Å². The smallest absolute Gasteiger partial charge is 0.126 e. The van der Waals surface area contributed by atoms with Gasteiger partial charge < -0.3 is 10.1 Å². The first-order chi connectivity index (χ1) is 9.54. The molecule has 0 aromatic heterocycles. The lowest BCUT2D eigenvalue weighted by Crippen LogP contribution is -2.06. The number of hydrogen-bond acceptors (Lipinski definition) is 2. The number of benzene rings is 2. The molecule has 0 aliphatic carbocycles. The van der Waals surface area contributed by atoms with Crippen LogP contribution in [-0.2, 0) is 6.54 Å². The molecule has 0 aliphatic rings. The van der Waals surface area contributed by atoms with E-state index < -0.39 is 0 Å². The largest absolute Gasteiger partial charge is 0.491 e. The van der Waals surface area contributed by atoms with Gasteiger partial charge in [0.05, 0.1) is 6.10 Å². The Morgan fingerprint density at radius 2 is 1.95 bits per heavy atom. The summed E-state index contributed by atoms with van der Waals surface area (Å²) in [5.74, 6) is 0.692. The molecule has 0 saturated carbocycles. The number of anilines is 1. The lowest BCUT2D eigenvalue weighted by Gasteiger charge is -2.12. The van der Waals surface area contributed by atoms with E-state index in [0.717, 1.165) is 17.0 Å². The average Bonchev–Trinajstić information content (AvgIpc) is 2.40. The molecule has 20 heavy (non-hydrogen) atoms. The first-order valence-electron chi connectivity index (χ1n) is 6.80. The van der Waals surface area contributed by atoms with Crippen LogP contribution in [0.4, 0.5) is 10.1 Å². The summed E-state index contributed by atoms with van der Waals surface area (Å²) in [5, 5.41) is 3.29. The Balaban J connectivity index is 2.01. The standard InChI is InChI=1S/C17H20FNO/c1-12(2)20-16-6-4-5-14(10-16)11-19-15-7-8-17(18)13(3)9-15/h4-10,12,19H,11H2,1-3H3. The highest BCUT2D eigenvalue weighted by Gasteiger charge is 2.01. The van der Waals surface area contributed by atoms with Crippen molar-refractivity contribution >= 4 is 5.69 Å². The third kappa shape index (κ3) is 3.98. The highest BCUT2D eigenvalue weighted by molar-refractivity contribution is 5.46. The minimum absolute atomic E-state index is 0.165. The molecule has 0 saturated heterocycles. The minimum atomic E-state index is -0.178. The van der Waals surface area contributed by atoms with Crippen LogP contribution in [0, 0.1) is 12.7 Å². The summed E-state index contributed by atoms with van der Waals surface area (Å²) < 4.78 is 18.9. The molecule has 0 heterocycles. The first kappa shape index (κ1) is 14.4. The topological polar surface area (TPSA) is 21.3 Å². The summed E-state index contributed by atoms with van der Waals surface area (Å²) in [7, 11) is 0. The van der Waals surface area contributed by atoms with Crippen molar-refractivity contribution in [1.82, 2.24) is 0 Å². The van der Waals surface area contributed by atoms with E-state index >= 15 is 0 Å². The van der Waals surface area contributed by atoms with E-state index in [-0.39, 0.29) is 11.9 Å². The van der Waals surface area contributed by atoms with E-state index in [1.165, 1.54) is 6.07 Å². The van der Waals surface area contributed by atoms with Gasteiger partial charge in [-0.15, -0.1) is 0 Å². The summed E-state index contributed by atoms with van der Waals surface area (Å²) in [5.41, 5.74) is 2.69. The predicted octanol–water partition coefficient (Wildman–Crippen LogP) is 4.53. The highest BCUT2D eigenvalue weighted by atomic mass is 19.1. The lowest BCUT2D eigenvalue weighted by atomic mass is 10.2. The monoisotopic (exact) mass is 273 g/mol. The van der Waals surface area contributed by atoms with Gasteiger partial charge in [-0.1, -0.05) is 12.1 Å². The molecular weight excluding hydrogens is 253 g/mol. The van der Waals surface area contributed by atoms with E-state index in [4.69, 9.17) is 4.74 Å². The molecule has 2 nitrogen and oxygen atoms in total. The maximum absolute atomic E-state index is 13.2. The molecule has 0 bridgehead atoms. The molecule has 106 valence electrons. The zero-order chi connectivity index (χ0) is 14.5. The van der Waals surface area contributed by atoms with Crippen LogP contribution < -0.4 is 10.1 Å². The second-order valence-electron chi connectivity index (χ2n) is 5.13. The number of hydrogen-bond donors (Lipinski definition) is 1. The maximum Gasteiger partial charge on any atom is 0.126 e. The van der Waals surface area contributed by atoms with Crippen molar-refractivity contribution < 1.29 is 9.13 Å². The minimum Gasteiger partial charge on any atom is -0.491 e. The molecule has 0 radical (unpaired) electrons. The lowest BCUT2D eigenvalue weighted by molar-refractivity contribution is 0.242. The van der Waals surface area contributed by atoms with Crippen LogP contribution in [0.3, 0.4) is 0 Å². The zero-order valence-electron chi connectivity index (χ0n) is 12.1. The molecule has 2 aromatic rings. The van der Waals surface area contributed by atoms with Crippen LogP contribution in [0.5, 0.6) is 5.75 Å². The molecule has 1 N–H and O–H groups in total. The second-order valence-corrected chi connectivity index (χ2v) is 5.13. The summed E-state index contributed by atoms with van der Waals surface area (Å²) in [6.45, 7) is 6.45. The Kier molecular flexibility index (Phi) is 4.61. The Morgan fingerprint density at radius 1 is 1.15 bits per heavy atom. The Morgan fingerprint density at radius 3 is 2.65 bits per heavy atom. The van der Waals surface area contributed by atoms with Gasteiger partial charge in [-0.2, -0.15) is 0 Å². The van der Waals surface area contributed by atoms with Gasteiger partial charge in [-0.05, 0) is 62.2 Å². The predicted molar refractivity (Wildman–Crippen MR) is 80.7 cm³/mol. The number of nitrogens with one attached hydrogen (secondary N) is 1. The van der Waals surface area contributed by atoms with Crippen molar-refractivity contribution in [1.29, 1.82) is 0 Å². The Bertz CT molecular complexity index is 581. The fourth-order valence-electron chi connectivity index (χ4n) is 1.96. The Hall–Kier alpha value is -2.03. The van der Waals surface area contributed by atoms with Gasteiger partial charge in [0.25, 0.3) is 0 Å². The molecular formula is C17H20FNO. The number of rotatable bonds is 5. The highest BCUT2D eigenvalue weighted by Crippen LogP contribution is 2.18. The molecule has 2 rings (SSSR count). The van der Waals surface area contributed by atoms with Gasteiger partial charge in [-0.25, -0.2) is 4.39 Å². The van der Waals surface area contributed by atoms with Crippen molar-refractivity contribution in [2.24, 2.45) is 0 Å². The second kappa shape index (κ2) is 6.42. The zero-order valence-corrected chi connectivity index (χ0v) is 12.1. The van der Waals surface area contributed by atoms with E-state index in [0.29, 0.717) is 12.1 Å². The SMILES string of the molecule is Cc1cc(NCc2cccc(OC(C)C)c2)ccc1F.